The van der Waals surface area contributed by atoms with Gasteiger partial charge in [-0.15, -0.1) is 0 Å². The summed E-state index contributed by atoms with van der Waals surface area (Å²) in [5.41, 5.74) is 3.91. The highest BCUT2D eigenvalue weighted by molar-refractivity contribution is 5.57. The van der Waals surface area contributed by atoms with Crippen LogP contribution in [0.3, 0.4) is 0 Å². The molecule has 34 heavy (non-hydrogen) atoms. The zero-order valence-electron chi connectivity index (χ0n) is 19.9. The highest BCUT2D eigenvalue weighted by Crippen LogP contribution is 2.23. The first kappa shape index (κ1) is 23.1. The second-order valence-corrected chi connectivity index (χ2v) is 8.23. The van der Waals surface area contributed by atoms with Crippen molar-refractivity contribution in [3.05, 3.63) is 88.0 Å². The van der Waals surface area contributed by atoms with Gasteiger partial charge in [0, 0.05) is 36.1 Å². The number of nitrogens with zero attached hydrogens (tertiary/aromatic N) is 5. The molecule has 0 spiro atoms. The number of ether oxygens (including phenoxy) is 2. The van der Waals surface area contributed by atoms with Crippen molar-refractivity contribution < 1.29 is 9.47 Å². The first-order chi connectivity index (χ1) is 16.4. The third-order valence-corrected chi connectivity index (χ3v) is 5.41. The third-order valence-electron chi connectivity index (χ3n) is 5.41. The minimum Gasteiger partial charge on any atom is -0.487 e. The van der Waals surface area contributed by atoms with Crippen LogP contribution in [0.2, 0.25) is 0 Å². The molecule has 0 bridgehead atoms. The smallest absolute Gasteiger partial charge is 0.261 e. The van der Waals surface area contributed by atoms with Gasteiger partial charge in [-0.1, -0.05) is 19.9 Å². The molecule has 0 aliphatic carbocycles. The van der Waals surface area contributed by atoms with E-state index >= 15 is 0 Å². The zero-order chi connectivity index (χ0) is 24.2. The largest absolute Gasteiger partial charge is 0.487 e. The van der Waals surface area contributed by atoms with E-state index in [2.05, 4.69) is 19.9 Å². The van der Waals surface area contributed by atoms with Gasteiger partial charge >= 0.3 is 0 Å². The molecule has 0 unspecified atom stereocenters. The lowest BCUT2D eigenvalue weighted by Crippen LogP contribution is -2.23. The third kappa shape index (κ3) is 4.80. The average Bonchev–Trinajstić information content (AvgIpc) is 2.86. The van der Waals surface area contributed by atoms with E-state index in [-0.39, 0.29) is 18.1 Å². The molecule has 0 fully saturated rings. The van der Waals surface area contributed by atoms with Crippen molar-refractivity contribution in [1.82, 2.24) is 24.5 Å². The fourth-order valence-corrected chi connectivity index (χ4v) is 3.56. The molecule has 174 valence electrons. The summed E-state index contributed by atoms with van der Waals surface area (Å²) in [6.45, 7) is 7.95. The lowest BCUT2D eigenvalue weighted by atomic mass is 10.2. The van der Waals surface area contributed by atoms with Crippen molar-refractivity contribution in [3.63, 3.8) is 0 Å². The van der Waals surface area contributed by atoms with Crippen molar-refractivity contribution in [2.75, 3.05) is 7.11 Å². The van der Waals surface area contributed by atoms with Gasteiger partial charge in [0.15, 0.2) is 0 Å². The van der Waals surface area contributed by atoms with Gasteiger partial charge in [0.05, 0.1) is 35.4 Å². The van der Waals surface area contributed by atoms with Gasteiger partial charge in [0.1, 0.15) is 18.2 Å². The van der Waals surface area contributed by atoms with Crippen molar-refractivity contribution >= 4 is 0 Å². The molecule has 0 aliphatic rings. The highest BCUT2D eigenvalue weighted by Gasteiger charge is 2.14. The number of hydrogen-bond acceptors (Lipinski definition) is 7. The molecule has 0 amide bonds. The van der Waals surface area contributed by atoms with E-state index in [1.54, 1.807) is 37.1 Å². The molecule has 0 saturated carbocycles. The molecule has 4 heterocycles. The van der Waals surface area contributed by atoms with Crippen LogP contribution in [0, 0.1) is 13.8 Å². The number of aromatic nitrogens is 5. The monoisotopic (exact) mass is 457 g/mol. The van der Waals surface area contributed by atoms with Crippen LogP contribution in [0.1, 0.15) is 42.5 Å². The molecule has 8 heteroatoms. The van der Waals surface area contributed by atoms with Crippen molar-refractivity contribution in [2.45, 2.75) is 40.2 Å². The predicted octanol–water partition coefficient (Wildman–Crippen LogP) is 4.41. The Labute approximate surface area is 198 Å². The molecule has 0 saturated heterocycles. The fraction of sp³-hybridized carbons (Fsp3) is 0.269. The Morgan fingerprint density at radius 2 is 1.76 bits per heavy atom. The molecular weight excluding hydrogens is 430 g/mol. The lowest BCUT2D eigenvalue weighted by Gasteiger charge is -2.16. The summed E-state index contributed by atoms with van der Waals surface area (Å²) in [6.07, 6.45) is 3.42. The van der Waals surface area contributed by atoms with Gasteiger partial charge in [-0.25, -0.2) is 15.0 Å². The predicted molar refractivity (Wildman–Crippen MR) is 130 cm³/mol. The number of rotatable bonds is 7. The van der Waals surface area contributed by atoms with Crippen LogP contribution in [0.4, 0.5) is 0 Å². The molecule has 0 atom stereocenters. The summed E-state index contributed by atoms with van der Waals surface area (Å²) in [6, 6.07) is 12.8. The van der Waals surface area contributed by atoms with Gasteiger partial charge in [-0.3, -0.25) is 14.3 Å². The Kier molecular flexibility index (Phi) is 6.67. The maximum absolute atomic E-state index is 13.3. The summed E-state index contributed by atoms with van der Waals surface area (Å²) in [5.74, 6) is 1.99. The van der Waals surface area contributed by atoms with Crippen LogP contribution in [-0.2, 0) is 6.61 Å². The van der Waals surface area contributed by atoms with Crippen LogP contribution in [-0.4, -0.2) is 31.6 Å². The molecule has 0 radical (unpaired) electrons. The molecule has 4 aromatic rings. The van der Waals surface area contributed by atoms with E-state index in [0.29, 0.717) is 40.0 Å². The summed E-state index contributed by atoms with van der Waals surface area (Å²) in [7, 11) is 1.57. The van der Waals surface area contributed by atoms with E-state index < -0.39 is 0 Å². The zero-order valence-corrected chi connectivity index (χ0v) is 19.9. The fourth-order valence-electron chi connectivity index (χ4n) is 3.56. The van der Waals surface area contributed by atoms with Crippen molar-refractivity contribution in [2.24, 2.45) is 0 Å². The maximum Gasteiger partial charge on any atom is 0.261 e. The standard InChI is InChI=1S/C26H27N5O3/c1-16(2)25-28-12-10-21(30-25)22-14-20(9-11-27-22)31-17(3)13-23(18(4)26(31)32)34-15-19-7-6-8-24(29-19)33-5/h6-14,16H,15H2,1-5H3. The first-order valence-electron chi connectivity index (χ1n) is 11.0. The topological polar surface area (TPSA) is 92.0 Å². The van der Waals surface area contributed by atoms with E-state index in [0.717, 1.165) is 11.5 Å². The summed E-state index contributed by atoms with van der Waals surface area (Å²) in [4.78, 5) is 31.1. The van der Waals surface area contributed by atoms with Crippen LogP contribution in [0.25, 0.3) is 17.1 Å². The Bertz CT molecular complexity index is 1380. The Balaban J connectivity index is 1.65. The Hall–Kier alpha value is -4.07. The second-order valence-electron chi connectivity index (χ2n) is 8.23. The van der Waals surface area contributed by atoms with Crippen LogP contribution >= 0.6 is 0 Å². The summed E-state index contributed by atoms with van der Waals surface area (Å²) >= 11 is 0. The first-order valence-corrected chi connectivity index (χ1v) is 11.0. The van der Waals surface area contributed by atoms with E-state index in [1.165, 1.54) is 0 Å². The van der Waals surface area contributed by atoms with Crippen LogP contribution in [0.5, 0.6) is 11.6 Å². The Morgan fingerprint density at radius 1 is 0.971 bits per heavy atom. The van der Waals surface area contributed by atoms with Crippen molar-refractivity contribution in [3.8, 4) is 28.7 Å². The number of methoxy groups -OCH3 is 1. The normalized spacial score (nSPS) is 11.0. The number of aryl methyl sites for hydroxylation is 1. The summed E-state index contributed by atoms with van der Waals surface area (Å²) < 4.78 is 12.8. The molecule has 0 aromatic carbocycles. The van der Waals surface area contributed by atoms with Gasteiger partial charge in [-0.05, 0) is 38.1 Å². The van der Waals surface area contributed by atoms with E-state index in [1.807, 2.05) is 57.2 Å². The molecule has 8 nitrogen and oxygen atoms in total. The van der Waals surface area contributed by atoms with Gasteiger partial charge < -0.3 is 9.47 Å². The van der Waals surface area contributed by atoms with Gasteiger partial charge in [0.25, 0.3) is 5.56 Å². The number of pyridine rings is 3. The molecule has 0 aliphatic heterocycles. The van der Waals surface area contributed by atoms with Crippen LogP contribution in [0.15, 0.2) is 59.7 Å². The van der Waals surface area contributed by atoms with Gasteiger partial charge in [0.2, 0.25) is 5.88 Å². The molecule has 4 aromatic heterocycles. The maximum atomic E-state index is 13.3. The van der Waals surface area contributed by atoms with Crippen molar-refractivity contribution in [1.29, 1.82) is 0 Å². The molecular formula is C26H27N5O3. The van der Waals surface area contributed by atoms with Crippen LogP contribution < -0.4 is 15.0 Å². The minimum absolute atomic E-state index is 0.156. The lowest BCUT2D eigenvalue weighted by molar-refractivity contribution is 0.294. The average molecular weight is 458 g/mol. The molecule has 4 rings (SSSR count). The highest BCUT2D eigenvalue weighted by atomic mass is 16.5. The Morgan fingerprint density at radius 3 is 2.53 bits per heavy atom. The van der Waals surface area contributed by atoms with E-state index in [4.69, 9.17) is 9.47 Å². The van der Waals surface area contributed by atoms with Gasteiger partial charge in [-0.2, -0.15) is 0 Å². The quantitative estimate of drug-likeness (QED) is 0.406. The SMILES string of the molecule is COc1cccc(COc2cc(C)n(-c3ccnc(-c4ccnc(C(C)C)n4)c3)c(=O)c2C)n1. The summed E-state index contributed by atoms with van der Waals surface area (Å²) in [5, 5.41) is 0. The minimum atomic E-state index is -0.156. The second kappa shape index (κ2) is 9.82. The molecule has 0 N–H and O–H groups in total. The van der Waals surface area contributed by atoms with E-state index in [9.17, 15) is 4.79 Å². The number of hydrogen-bond donors (Lipinski definition) is 0.